The lowest BCUT2D eigenvalue weighted by molar-refractivity contribution is 0.479. The van der Waals surface area contributed by atoms with Crippen molar-refractivity contribution in [2.75, 3.05) is 19.0 Å². The lowest BCUT2D eigenvalue weighted by atomic mass is 10.0. The molecule has 0 spiro atoms. The molecule has 3 rings (SSSR count). The normalized spacial score (nSPS) is 15.7. The Hall–Kier alpha value is -1.52. The largest absolute Gasteiger partial charge is 0.363 e. The molecule has 0 amide bonds. The maximum absolute atomic E-state index is 6.03. The molecule has 1 saturated carbocycles. The van der Waals surface area contributed by atoms with Crippen LogP contribution in [0.4, 0.5) is 5.82 Å². The van der Waals surface area contributed by atoms with Crippen LogP contribution in [0.15, 0.2) is 24.3 Å². The van der Waals surface area contributed by atoms with Gasteiger partial charge in [0, 0.05) is 44.3 Å². The Morgan fingerprint density at radius 3 is 2.52 bits per heavy atom. The van der Waals surface area contributed by atoms with E-state index in [1.165, 1.54) is 29.8 Å². The van der Waals surface area contributed by atoms with Crippen LogP contribution in [0, 0.1) is 12.8 Å². The Bertz CT molecular complexity index is 671. The number of anilines is 1. The maximum Gasteiger partial charge on any atom is 0.130 e. The molecule has 23 heavy (non-hydrogen) atoms. The van der Waals surface area contributed by atoms with Crippen LogP contribution in [-0.2, 0) is 13.6 Å². The highest BCUT2D eigenvalue weighted by atomic mass is 35.5. The van der Waals surface area contributed by atoms with Gasteiger partial charge in [-0.3, -0.25) is 4.68 Å². The molecule has 1 aromatic carbocycles. The quantitative estimate of drug-likeness (QED) is 0.875. The van der Waals surface area contributed by atoms with Crippen molar-refractivity contribution < 1.29 is 0 Å². The molecule has 4 nitrogen and oxygen atoms in total. The standard InChI is InChI=1S/C18H25ClN4/c1-12-16(18(22(2)3)23(4)21-12)11-20-17(13-5-6-13)14-7-9-15(19)10-8-14/h7-10,13,17,20H,5-6,11H2,1-4H3/t17-/m0/s1. The van der Waals surface area contributed by atoms with Crippen LogP contribution in [-0.4, -0.2) is 23.9 Å². The predicted octanol–water partition coefficient (Wildman–Crippen LogP) is 3.69. The summed E-state index contributed by atoms with van der Waals surface area (Å²) < 4.78 is 1.96. The van der Waals surface area contributed by atoms with Gasteiger partial charge in [0.25, 0.3) is 0 Å². The van der Waals surface area contributed by atoms with Gasteiger partial charge >= 0.3 is 0 Å². The van der Waals surface area contributed by atoms with Crippen molar-refractivity contribution in [2.45, 2.75) is 32.4 Å². The molecule has 0 aliphatic heterocycles. The minimum absolute atomic E-state index is 0.391. The number of rotatable bonds is 6. The van der Waals surface area contributed by atoms with E-state index in [9.17, 15) is 0 Å². The van der Waals surface area contributed by atoms with Crippen molar-refractivity contribution in [3.63, 3.8) is 0 Å². The zero-order chi connectivity index (χ0) is 16.6. The summed E-state index contributed by atoms with van der Waals surface area (Å²) in [6.07, 6.45) is 2.60. The van der Waals surface area contributed by atoms with Gasteiger partial charge in [-0.25, -0.2) is 0 Å². The number of aromatic nitrogens is 2. The smallest absolute Gasteiger partial charge is 0.130 e. The molecule has 0 bridgehead atoms. The molecular weight excluding hydrogens is 308 g/mol. The number of aryl methyl sites for hydroxylation is 2. The highest BCUT2D eigenvalue weighted by Crippen LogP contribution is 2.41. The maximum atomic E-state index is 6.03. The summed E-state index contributed by atoms with van der Waals surface area (Å²) in [7, 11) is 6.14. The topological polar surface area (TPSA) is 33.1 Å². The first-order valence-corrected chi connectivity index (χ1v) is 8.54. The third kappa shape index (κ3) is 3.54. The van der Waals surface area contributed by atoms with Crippen LogP contribution < -0.4 is 10.2 Å². The van der Waals surface area contributed by atoms with Gasteiger partial charge in [0.15, 0.2) is 0 Å². The van der Waals surface area contributed by atoms with Crippen molar-refractivity contribution in [3.05, 3.63) is 46.1 Å². The SMILES string of the molecule is Cc1nn(C)c(N(C)C)c1CN[C@H](c1ccc(Cl)cc1)C1CC1. The molecule has 1 aromatic heterocycles. The Labute approximate surface area is 143 Å². The van der Waals surface area contributed by atoms with E-state index >= 15 is 0 Å². The van der Waals surface area contributed by atoms with Gasteiger partial charge in [-0.2, -0.15) is 5.10 Å². The minimum Gasteiger partial charge on any atom is -0.363 e. The molecular formula is C18H25ClN4. The van der Waals surface area contributed by atoms with Crippen molar-refractivity contribution in [3.8, 4) is 0 Å². The van der Waals surface area contributed by atoms with E-state index in [1.54, 1.807) is 0 Å². The van der Waals surface area contributed by atoms with Gasteiger partial charge in [0.1, 0.15) is 5.82 Å². The van der Waals surface area contributed by atoms with Crippen molar-refractivity contribution in [1.29, 1.82) is 0 Å². The molecule has 0 radical (unpaired) electrons. The van der Waals surface area contributed by atoms with E-state index in [-0.39, 0.29) is 0 Å². The summed E-state index contributed by atoms with van der Waals surface area (Å²) in [4.78, 5) is 2.13. The summed E-state index contributed by atoms with van der Waals surface area (Å²) in [5.74, 6) is 1.90. The van der Waals surface area contributed by atoms with Crippen molar-refractivity contribution in [2.24, 2.45) is 13.0 Å². The molecule has 2 aromatic rings. The van der Waals surface area contributed by atoms with Crippen LogP contribution >= 0.6 is 11.6 Å². The Balaban J connectivity index is 1.79. The molecule has 0 unspecified atom stereocenters. The van der Waals surface area contributed by atoms with Gasteiger partial charge in [0.05, 0.1) is 5.69 Å². The monoisotopic (exact) mass is 332 g/mol. The molecule has 1 N–H and O–H groups in total. The Morgan fingerprint density at radius 1 is 1.30 bits per heavy atom. The zero-order valence-electron chi connectivity index (χ0n) is 14.3. The van der Waals surface area contributed by atoms with Crippen LogP contribution in [0.2, 0.25) is 5.02 Å². The minimum atomic E-state index is 0.391. The fraction of sp³-hybridized carbons (Fsp3) is 0.500. The third-order valence-electron chi connectivity index (χ3n) is 4.56. The van der Waals surface area contributed by atoms with E-state index in [0.29, 0.717) is 6.04 Å². The molecule has 1 heterocycles. The van der Waals surface area contributed by atoms with E-state index in [1.807, 2.05) is 23.9 Å². The molecule has 5 heteroatoms. The average Bonchev–Trinajstić information content (AvgIpc) is 3.27. The lowest BCUT2D eigenvalue weighted by Gasteiger charge is -2.21. The number of nitrogens with one attached hydrogen (secondary N) is 1. The summed E-state index contributed by atoms with van der Waals surface area (Å²) in [5, 5.41) is 9.13. The third-order valence-corrected chi connectivity index (χ3v) is 4.81. The Kier molecular flexibility index (Phi) is 4.64. The van der Waals surface area contributed by atoms with Crippen LogP contribution in [0.25, 0.3) is 0 Å². The first-order valence-electron chi connectivity index (χ1n) is 8.16. The highest BCUT2D eigenvalue weighted by Gasteiger charge is 2.32. The molecule has 1 atom stereocenters. The number of hydrogen-bond donors (Lipinski definition) is 1. The first kappa shape index (κ1) is 16.3. The van der Waals surface area contributed by atoms with E-state index in [0.717, 1.165) is 23.2 Å². The van der Waals surface area contributed by atoms with E-state index in [2.05, 4.69) is 48.5 Å². The second kappa shape index (κ2) is 6.54. The number of hydrogen-bond acceptors (Lipinski definition) is 3. The molecule has 1 aliphatic rings. The summed E-state index contributed by atoms with van der Waals surface area (Å²) in [6, 6.07) is 8.63. The fourth-order valence-corrected chi connectivity index (χ4v) is 3.45. The second-order valence-electron chi connectivity index (χ2n) is 6.65. The molecule has 1 aliphatic carbocycles. The van der Waals surface area contributed by atoms with Crippen LogP contribution in [0.5, 0.6) is 0 Å². The number of halogens is 1. The van der Waals surface area contributed by atoms with Crippen LogP contribution in [0.1, 0.15) is 35.7 Å². The van der Waals surface area contributed by atoms with E-state index in [4.69, 9.17) is 11.6 Å². The Morgan fingerprint density at radius 2 is 1.96 bits per heavy atom. The highest BCUT2D eigenvalue weighted by molar-refractivity contribution is 6.30. The molecule has 0 saturated heterocycles. The second-order valence-corrected chi connectivity index (χ2v) is 7.09. The first-order chi connectivity index (χ1) is 11.0. The van der Waals surface area contributed by atoms with Crippen LogP contribution in [0.3, 0.4) is 0 Å². The summed E-state index contributed by atoms with van der Waals surface area (Å²) in [6.45, 7) is 2.91. The van der Waals surface area contributed by atoms with Gasteiger partial charge in [-0.15, -0.1) is 0 Å². The van der Waals surface area contributed by atoms with Gasteiger partial charge in [-0.1, -0.05) is 23.7 Å². The molecule has 124 valence electrons. The summed E-state index contributed by atoms with van der Waals surface area (Å²) in [5.41, 5.74) is 3.69. The molecule has 1 fully saturated rings. The van der Waals surface area contributed by atoms with Gasteiger partial charge in [-0.05, 0) is 43.4 Å². The predicted molar refractivity (Wildman–Crippen MR) is 96.0 cm³/mol. The van der Waals surface area contributed by atoms with Crippen molar-refractivity contribution in [1.82, 2.24) is 15.1 Å². The number of nitrogens with zero attached hydrogens (tertiary/aromatic N) is 3. The number of benzene rings is 1. The fourth-order valence-electron chi connectivity index (χ4n) is 3.32. The summed E-state index contributed by atoms with van der Waals surface area (Å²) >= 11 is 6.03. The van der Waals surface area contributed by atoms with Gasteiger partial charge in [0.2, 0.25) is 0 Å². The van der Waals surface area contributed by atoms with E-state index < -0.39 is 0 Å². The lowest BCUT2D eigenvalue weighted by Crippen LogP contribution is -2.24. The zero-order valence-corrected chi connectivity index (χ0v) is 15.1. The van der Waals surface area contributed by atoms with Crippen molar-refractivity contribution >= 4 is 17.4 Å². The average molecular weight is 333 g/mol. The van der Waals surface area contributed by atoms with Gasteiger partial charge < -0.3 is 10.2 Å².